The van der Waals surface area contributed by atoms with E-state index in [4.69, 9.17) is 9.47 Å². The fraction of sp³-hybridized carbons (Fsp3) is 0.375. The summed E-state index contributed by atoms with van der Waals surface area (Å²) in [7, 11) is 1.57. The maximum atomic E-state index is 11.8. The van der Waals surface area contributed by atoms with Crippen LogP contribution >= 0.6 is 15.9 Å². The predicted octanol–water partition coefficient (Wildman–Crippen LogP) is 3.53. The van der Waals surface area contributed by atoms with Crippen LogP contribution in [-0.4, -0.2) is 25.0 Å². The summed E-state index contributed by atoms with van der Waals surface area (Å²) in [5, 5.41) is 0. The van der Waals surface area contributed by atoms with Gasteiger partial charge in [-0.3, -0.25) is 4.79 Å². The molecular weight excluding hydrogens is 336 g/mol. The van der Waals surface area contributed by atoms with Crippen LogP contribution in [0.2, 0.25) is 0 Å². The van der Waals surface area contributed by atoms with Crippen LogP contribution in [0.3, 0.4) is 0 Å². The lowest BCUT2D eigenvalue weighted by atomic mass is 9.96. The lowest BCUT2D eigenvalue weighted by molar-refractivity contribution is -0.152. The Morgan fingerprint density at radius 3 is 2.90 bits per heavy atom. The van der Waals surface area contributed by atoms with Gasteiger partial charge in [0.15, 0.2) is 11.9 Å². The van der Waals surface area contributed by atoms with Gasteiger partial charge in [0.2, 0.25) is 0 Å². The van der Waals surface area contributed by atoms with E-state index in [-0.39, 0.29) is 5.78 Å². The maximum absolute atomic E-state index is 11.8. The molecule has 1 fully saturated rings. The number of Topliss-reactive ketones (excluding diaryl/α,β-unsaturated/α-hetero) is 1. The summed E-state index contributed by atoms with van der Waals surface area (Å²) >= 11 is 3.37. The Labute approximate surface area is 132 Å². The van der Waals surface area contributed by atoms with E-state index in [1.54, 1.807) is 19.3 Å². The highest BCUT2D eigenvalue weighted by Crippen LogP contribution is 2.24. The van der Waals surface area contributed by atoms with Gasteiger partial charge in [0.1, 0.15) is 5.75 Å². The summed E-state index contributed by atoms with van der Waals surface area (Å²) in [5.41, 5.74) is 0.763. The van der Waals surface area contributed by atoms with Crippen molar-refractivity contribution in [2.24, 2.45) is 0 Å². The summed E-state index contributed by atoms with van der Waals surface area (Å²) in [6, 6.07) is 5.50. The van der Waals surface area contributed by atoms with E-state index < -0.39 is 12.1 Å². The van der Waals surface area contributed by atoms with E-state index in [0.29, 0.717) is 18.6 Å². The molecule has 1 atom stereocenters. The van der Waals surface area contributed by atoms with Gasteiger partial charge in [-0.05, 0) is 43.5 Å². The average Bonchev–Trinajstić information content (AvgIpc) is 2.48. The largest absolute Gasteiger partial charge is 0.496 e. The number of methoxy groups -OCH3 is 1. The maximum Gasteiger partial charge on any atom is 0.331 e. The van der Waals surface area contributed by atoms with Crippen molar-refractivity contribution in [2.75, 3.05) is 7.11 Å². The molecule has 0 aromatic heterocycles. The number of benzene rings is 1. The first kappa shape index (κ1) is 15.8. The lowest BCUT2D eigenvalue weighted by Crippen LogP contribution is -2.29. The van der Waals surface area contributed by atoms with E-state index in [0.717, 1.165) is 22.9 Å². The third kappa shape index (κ3) is 4.43. The van der Waals surface area contributed by atoms with Crippen LogP contribution in [0, 0.1) is 0 Å². The molecule has 0 aliphatic heterocycles. The van der Waals surface area contributed by atoms with Crippen molar-refractivity contribution in [3.8, 4) is 5.75 Å². The predicted molar refractivity (Wildman–Crippen MR) is 83.1 cm³/mol. The van der Waals surface area contributed by atoms with Gasteiger partial charge >= 0.3 is 5.97 Å². The Balaban J connectivity index is 2.01. The van der Waals surface area contributed by atoms with Crippen LogP contribution in [0.5, 0.6) is 5.75 Å². The Hall–Kier alpha value is -1.62. The summed E-state index contributed by atoms with van der Waals surface area (Å²) in [6.45, 7) is 0. The monoisotopic (exact) mass is 352 g/mol. The molecule has 2 rings (SSSR count). The van der Waals surface area contributed by atoms with Crippen LogP contribution in [0.4, 0.5) is 0 Å². The number of carbonyl (C=O) groups is 2. The smallest absolute Gasteiger partial charge is 0.331 e. The van der Waals surface area contributed by atoms with Crippen LogP contribution in [0.25, 0.3) is 6.08 Å². The van der Waals surface area contributed by atoms with Gasteiger partial charge in [-0.15, -0.1) is 0 Å². The third-order valence-electron chi connectivity index (χ3n) is 3.35. The number of ketones is 1. The van der Waals surface area contributed by atoms with Crippen LogP contribution < -0.4 is 4.74 Å². The quantitative estimate of drug-likeness (QED) is 0.614. The van der Waals surface area contributed by atoms with Crippen LogP contribution in [0.15, 0.2) is 28.7 Å². The van der Waals surface area contributed by atoms with Gasteiger partial charge < -0.3 is 9.47 Å². The number of ether oxygens (including phenoxy) is 2. The summed E-state index contributed by atoms with van der Waals surface area (Å²) in [6.07, 6.45) is 5.30. The van der Waals surface area contributed by atoms with Crippen LogP contribution in [-0.2, 0) is 14.3 Å². The highest BCUT2D eigenvalue weighted by atomic mass is 79.9. The van der Waals surface area contributed by atoms with Crippen molar-refractivity contribution in [1.82, 2.24) is 0 Å². The van der Waals surface area contributed by atoms with Gasteiger partial charge in [0, 0.05) is 22.5 Å². The van der Waals surface area contributed by atoms with E-state index in [1.165, 1.54) is 6.08 Å². The zero-order valence-corrected chi connectivity index (χ0v) is 13.4. The minimum absolute atomic E-state index is 0.0167. The first-order valence-corrected chi connectivity index (χ1v) is 7.64. The number of hydrogen-bond donors (Lipinski definition) is 0. The lowest BCUT2D eigenvalue weighted by Gasteiger charge is -2.19. The van der Waals surface area contributed by atoms with Gasteiger partial charge in [-0.1, -0.05) is 15.9 Å². The second kappa shape index (κ2) is 7.41. The topological polar surface area (TPSA) is 52.6 Å². The van der Waals surface area contributed by atoms with E-state index in [9.17, 15) is 9.59 Å². The van der Waals surface area contributed by atoms with Crippen molar-refractivity contribution in [3.63, 3.8) is 0 Å². The molecule has 0 amide bonds. The Morgan fingerprint density at radius 2 is 2.19 bits per heavy atom. The highest BCUT2D eigenvalue weighted by molar-refractivity contribution is 9.10. The number of hydrogen-bond acceptors (Lipinski definition) is 4. The van der Waals surface area contributed by atoms with Gasteiger partial charge in [0.05, 0.1) is 7.11 Å². The summed E-state index contributed by atoms with van der Waals surface area (Å²) < 4.78 is 11.3. The second-order valence-electron chi connectivity index (χ2n) is 4.86. The van der Waals surface area contributed by atoms with E-state index in [2.05, 4.69) is 15.9 Å². The number of carbonyl (C=O) groups excluding carboxylic acids is 2. The first-order chi connectivity index (χ1) is 10.1. The zero-order chi connectivity index (χ0) is 15.2. The molecule has 0 bridgehead atoms. The van der Waals surface area contributed by atoms with Crippen molar-refractivity contribution >= 4 is 33.8 Å². The molecule has 0 heterocycles. The minimum atomic E-state index is -0.583. The normalized spacial score (nSPS) is 18.8. The number of esters is 1. The molecule has 21 heavy (non-hydrogen) atoms. The molecule has 1 aliphatic rings. The molecule has 0 radical (unpaired) electrons. The first-order valence-electron chi connectivity index (χ1n) is 6.85. The van der Waals surface area contributed by atoms with Crippen molar-refractivity contribution in [3.05, 3.63) is 34.3 Å². The molecule has 1 aromatic carbocycles. The van der Waals surface area contributed by atoms with Crippen molar-refractivity contribution in [2.45, 2.75) is 31.8 Å². The molecule has 0 N–H and O–H groups in total. The molecule has 4 nitrogen and oxygen atoms in total. The molecule has 0 spiro atoms. The molecule has 5 heteroatoms. The third-order valence-corrected chi connectivity index (χ3v) is 3.84. The second-order valence-corrected chi connectivity index (χ2v) is 5.77. The fourth-order valence-electron chi connectivity index (χ4n) is 2.25. The van der Waals surface area contributed by atoms with Crippen molar-refractivity contribution in [1.29, 1.82) is 0 Å². The number of rotatable bonds is 4. The average molecular weight is 353 g/mol. The van der Waals surface area contributed by atoms with Gasteiger partial charge in [0.25, 0.3) is 0 Å². The van der Waals surface area contributed by atoms with Crippen molar-refractivity contribution < 1.29 is 19.1 Å². The Morgan fingerprint density at radius 1 is 1.38 bits per heavy atom. The molecule has 1 aliphatic carbocycles. The standard InChI is InChI=1S/C16H17BrO4/c1-20-14-8-7-12(17)10-11(14)6-9-16(19)21-15-5-3-2-4-13(15)18/h6-10,15H,2-5H2,1H3/b9-6-/t15-/m1/s1. The molecule has 112 valence electrons. The number of halogens is 1. The SMILES string of the molecule is COc1ccc(Br)cc1/C=C\C(=O)O[C@@H]1CCCCC1=O. The molecular formula is C16H17BrO4. The van der Waals surface area contributed by atoms with E-state index in [1.807, 2.05) is 12.1 Å². The summed E-state index contributed by atoms with van der Waals surface area (Å²) in [4.78, 5) is 23.4. The minimum Gasteiger partial charge on any atom is -0.496 e. The molecule has 0 saturated heterocycles. The molecule has 1 aromatic rings. The summed E-state index contributed by atoms with van der Waals surface area (Å²) in [5.74, 6) is 0.177. The fourth-order valence-corrected chi connectivity index (χ4v) is 2.63. The van der Waals surface area contributed by atoms with E-state index >= 15 is 0 Å². The zero-order valence-electron chi connectivity index (χ0n) is 11.8. The molecule has 1 saturated carbocycles. The highest BCUT2D eigenvalue weighted by Gasteiger charge is 2.24. The van der Waals surface area contributed by atoms with Crippen LogP contribution in [0.1, 0.15) is 31.2 Å². The van der Waals surface area contributed by atoms with Gasteiger partial charge in [-0.25, -0.2) is 4.79 Å². The Kier molecular flexibility index (Phi) is 5.56. The molecule has 0 unspecified atom stereocenters. The Bertz CT molecular complexity index is 565. The van der Waals surface area contributed by atoms with Gasteiger partial charge in [-0.2, -0.15) is 0 Å².